The molecule has 1 saturated carbocycles. The lowest BCUT2D eigenvalue weighted by molar-refractivity contribution is 0.0912. The molecule has 0 saturated heterocycles. The van der Waals surface area contributed by atoms with E-state index in [1.165, 1.54) is 12.8 Å². The molecule has 0 unspecified atom stereocenters. The van der Waals surface area contributed by atoms with Crippen LogP contribution in [0.4, 0.5) is 0 Å². The third-order valence-electron chi connectivity index (χ3n) is 4.72. The minimum absolute atomic E-state index is 0.114. The van der Waals surface area contributed by atoms with Crippen LogP contribution in [0.3, 0.4) is 0 Å². The van der Waals surface area contributed by atoms with Crippen molar-refractivity contribution in [1.82, 2.24) is 5.32 Å². The maximum Gasteiger partial charge on any atom is 0.0499 e. The Morgan fingerprint density at radius 1 is 1.25 bits per heavy atom. The second kappa shape index (κ2) is 6.02. The monoisotopic (exact) mass is 227 g/mol. The molecule has 2 heteroatoms. The topological polar surface area (TPSA) is 32.3 Å². The number of nitrogens with one attached hydrogen (secondary N) is 1. The van der Waals surface area contributed by atoms with Crippen LogP contribution in [-0.2, 0) is 0 Å². The normalized spacial score (nSPS) is 25.9. The fourth-order valence-electron chi connectivity index (χ4n) is 2.51. The minimum Gasteiger partial charge on any atom is -0.396 e. The summed E-state index contributed by atoms with van der Waals surface area (Å²) in [5.41, 5.74) is 0.114. The quantitative estimate of drug-likeness (QED) is 0.701. The van der Waals surface area contributed by atoms with Crippen LogP contribution in [0.15, 0.2) is 0 Å². The Bertz CT molecular complexity index is 185. The van der Waals surface area contributed by atoms with Gasteiger partial charge in [-0.15, -0.1) is 0 Å². The Morgan fingerprint density at radius 3 is 2.19 bits per heavy atom. The lowest BCUT2D eigenvalue weighted by Gasteiger charge is -2.41. The van der Waals surface area contributed by atoms with Crippen molar-refractivity contribution in [3.05, 3.63) is 0 Å². The lowest BCUT2D eigenvalue weighted by atomic mass is 9.73. The smallest absolute Gasteiger partial charge is 0.0499 e. The highest BCUT2D eigenvalue weighted by Crippen LogP contribution is 2.34. The number of hydrogen-bond donors (Lipinski definition) is 2. The van der Waals surface area contributed by atoms with Crippen molar-refractivity contribution >= 4 is 0 Å². The first-order valence-electron chi connectivity index (χ1n) is 6.91. The van der Waals surface area contributed by atoms with Crippen molar-refractivity contribution in [3.8, 4) is 0 Å². The SMILES string of the molecule is CCC(CC)(CO)CNC1CC(C(C)C)C1. The summed E-state index contributed by atoms with van der Waals surface area (Å²) < 4.78 is 0. The van der Waals surface area contributed by atoms with Gasteiger partial charge in [0.05, 0.1) is 0 Å². The van der Waals surface area contributed by atoms with Gasteiger partial charge in [-0.2, -0.15) is 0 Å². The summed E-state index contributed by atoms with van der Waals surface area (Å²) in [6.45, 7) is 10.3. The summed E-state index contributed by atoms with van der Waals surface area (Å²) in [6, 6.07) is 0.705. The number of aliphatic hydroxyl groups is 1. The highest BCUT2D eigenvalue weighted by atomic mass is 16.3. The molecule has 1 fully saturated rings. The van der Waals surface area contributed by atoms with Crippen molar-refractivity contribution in [2.45, 2.75) is 59.4 Å². The first-order chi connectivity index (χ1) is 7.56. The second-order valence-electron chi connectivity index (χ2n) is 5.92. The second-order valence-corrected chi connectivity index (χ2v) is 5.92. The zero-order valence-electron chi connectivity index (χ0n) is 11.4. The van der Waals surface area contributed by atoms with E-state index in [1.807, 2.05) is 0 Å². The van der Waals surface area contributed by atoms with Crippen LogP contribution in [0.1, 0.15) is 53.4 Å². The molecule has 0 atom stereocenters. The van der Waals surface area contributed by atoms with Crippen LogP contribution in [0.5, 0.6) is 0 Å². The third kappa shape index (κ3) is 3.21. The Balaban J connectivity index is 2.25. The maximum atomic E-state index is 9.48. The van der Waals surface area contributed by atoms with E-state index in [9.17, 15) is 5.11 Å². The van der Waals surface area contributed by atoms with Crippen LogP contribution in [0.25, 0.3) is 0 Å². The zero-order chi connectivity index (χ0) is 12.2. The van der Waals surface area contributed by atoms with Crippen molar-refractivity contribution in [1.29, 1.82) is 0 Å². The highest BCUT2D eigenvalue weighted by Gasteiger charge is 2.33. The number of rotatable bonds is 7. The molecular weight excluding hydrogens is 198 g/mol. The molecule has 1 aliphatic rings. The van der Waals surface area contributed by atoms with Crippen LogP contribution < -0.4 is 5.32 Å². The van der Waals surface area contributed by atoms with Gasteiger partial charge in [-0.25, -0.2) is 0 Å². The van der Waals surface area contributed by atoms with Gasteiger partial charge in [-0.3, -0.25) is 0 Å². The van der Waals surface area contributed by atoms with E-state index >= 15 is 0 Å². The standard InChI is InChI=1S/C14H29NO/c1-5-14(6-2,10-16)9-15-13-7-12(8-13)11(3)4/h11-13,15-16H,5-10H2,1-4H3. The summed E-state index contributed by atoms with van der Waals surface area (Å²) in [6.07, 6.45) is 4.78. The van der Waals surface area contributed by atoms with E-state index in [1.54, 1.807) is 0 Å². The van der Waals surface area contributed by atoms with E-state index in [0.29, 0.717) is 12.6 Å². The summed E-state index contributed by atoms with van der Waals surface area (Å²) in [5, 5.41) is 13.1. The predicted molar refractivity (Wildman–Crippen MR) is 69.5 cm³/mol. The molecule has 0 bridgehead atoms. The molecule has 2 nitrogen and oxygen atoms in total. The van der Waals surface area contributed by atoms with Crippen LogP contribution >= 0.6 is 0 Å². The molecule has 1 rings (SSSR count). The van der Waals surface area contributed by atoms with Crippen molar-refractivity contribution in [2.75, 3.05) is 13.2 Å². The molecule has 0 heterocycles. The Morgan fingerprint density at radius 2 is 1.81 bits per heavy atom. The van der Waals surface area contributed by atoms with Gasteiger partial charge >= 0.3 is 0 Å². The molecule has 0 aromatic carbocycles. The average Bonchev–Trinajstić information content (AvgIpc) is 2.22. The van der Waals surface area contributed by atoms with E-state index in [-0.39, 0.29) is 5.41 Å². The Labute approximate surface area is 101 Å². The van der Waals surface area contributed by atoms with Gasteiger partial charge in [-0.05, 0) is 37.5 Å². The molecule has 0 aromatic rings. The highest BCUT2D eigenvalue weighted by molar-refractivity contribution is 4.89. The van der Waals surface area contributed by atoms with E-state index in [0.717, 1.165) is 31.2 Å². The summed E-state index contributed by atoms with van der Waals surface area (Å²) >= 11 is 0. The zero-order valence-corrected chi connectivity index (χ0v) is 11.4. The van der Waals surface area contributed by atoms with Gasteiger partial charge in [0.1, 0.15) is 0 Å². The van der Waals surface area contributed by atoms with Gasteiger partial charge in [0, 0.05) is 24.6 Å². The molecule has 16 heavy (non-hydrogen) atoms. The van der Waals surface area contributed by atoms with Gasteiger partial charge < -0.3 is 10.4 Å². The molecule has 0 aromatic heterocycles. The third-order valence-corrected chi connectivity index (χ3v) is 4.72. The Kier molecular flexibility index (Phi) is 5.26. The predicted octanol–water partition coefficient (Wildman–Crippen LogP) is 2.81. The van der Waals surface area contributed by atoms with Crippen molar-refractivity contribution in [3.63, 3.8) is 0 Å². The van der Waals surface area contributed by atoms with Crippen molar-refractivity contribution in [2.24, 2.45) is 17.3 Å². The van der Waals surface area contributed by atoms with E-state index in [2.05, 4.69) is 33.0 Å². The molecule has 0 radical (unpaired) electrons. The molecule has 96 valence electrons. The number of hydrogen-bond acceptors (Lipinski definition) is 2. The lowest BCUT2D eigenvalue weighted by Crippen LogP contribution is -2.48. The van der Waals surface area contributed by atoms with Gasteiger partial charge in [0.15, 0.2) is 0 Å². The fourth-order valence-corrected chi connectivity index (χ4v) is 2.51. The van der Waals surface area contributed by atoms with Crippen LogP contribution in [0, 0.1) is 17.3 Å². The molecule has 0 aliphatic heterocycles. The fraction of sp³-hybridized carbons (Fsp3) is 1.00. The minimum atomic E-state index is 0.114. The first kappa shape index (κ1) is 14.0. The van der Waals surface area contributed by atoms with Crippen LogP contribution in [-0.4, -0.2) is 24.3 Å². The molecule has 0 spiro atoms. The molecule has 1 aliphatic carbocycles. The average molecular weight is 227 g/mol. The van der Waals surface area contributed by atoms with Gasteiger partial charge in [0.25, 0.3) is 0 Å². The first-order valence-corrected chi connectivity index (χ1v) is 6.91. The largest absolute Gasteiger partial charge is 0.396 e. The molecular formula is C14H29NO. The molecule has 2 N–H and O–H groups in total. The van der Waals surface area contributed by atoms with Gasteiger partial charge in [0.2, 0.25) is 0 Å². The van der Waals surface area contributed by atoms with E-state index in [4.69, 9.17) is 0 Å². The van der Waals surface area contributed by atoms with Crippen molar-refractivity contribution < 1.29 is 5.11 Å². The van der Waals surface area contributed by atoms with E-state index < -0.39 is 0 Å². The summed E-state index contributed by atoms with van der Waals surface area (Å²) in [5.74, 6) is 1.75. The number of aliphatic hydroxyl groups excluding tert-OH is 1. The summed E-state index contributed by atoms with van der Waals surface area (Å²) in [7, 11) is 0. The van der Waals surface area contributed by atoms with Crippen LogP contribution in [0.2, 0.25) is 0 Å². The van der Waals surface area contributed by atoms with Gasteiger partial charge in [-0.1, -0.05) is 27.7 Å². The Hall–Kier alpha value is -0.0800. The molecule has 0 amide bonds. The maximum absolute atomic E-state index is 9.48. The summed E-state index contributed by atoms with van der Waals surface area (Å²) in [4.78, 5) is 0.